The first kappa shape index (κ1) is 10.2. The average Bonchev–Trinajstić information content (AvgIpc) is 2.35. The van der Waals surface area contributed by atoms with Gasteiger partial charge in [-0.2, -0.15) is 8.78 Å². The van der Waals surface area contributed by atoms with Gasteiger partial charge in [0.1, 0.15) is 0 Å². The molecule has 1 fully saturated rings. The topological polar surface area (TPSA) is 37.3 Å². The van der Waals surface area contributed by atoms with Crippen molar-refractivity contribution < 1.29 is 18.7 Å². The lowest BCUT2D eigenvalue weighted by molar-refractivity contribution is -0.144. The van der Waals surface area contributed by atoms with Crippen LogP contribution in [-0.2, 0) is 4.79 Å². The smallest absolute Gasteiger partial charge is 0.310 e. The van der Waals surface area contributed by atoms with Crippen LogP contribution in [0.5, 0.6) is 0 Å². The Morgan fingerprint density at radius 1 is 1.38 bits per heavy atom. The third kappa shape index (κ3) is 1.16. The van der Waals surface area contributed by atoms with E-state index in [1.54, 1.807) is 13.8 Å². The summed E-state index contributed by atoms with van der Waals surface area (Å²) in [5.74, 6) is -1.58. The molecule has 1 N–H and O–H groups in total. The summed E-state index contributed by atoms with van der Waals surface area (Å²) in [4.78, 5) is 10.8. The summed E-state index contributed by atoms with van der Waals surface area (Å²) in [6, 6.07) is 0. The van der Waals surface area contributed by atoms with E-state index >= 15 is 0 Å². The van der Waals surface area contributed by atoms with Gasteiger partial charge < -0.3 is 5.11 Å². The minimum atomic E-state index is -1.80. The monoisotopic (exact) mass is 190 g/mol. The van der Waals surface area contributed by atoms with Gasteiger partial charge in [-0.25, -0.2) is 0 Å². The predicted molar refractivity (Wildman–Crippen MR) is 43.3 cm³/mol. The highest BCUT2D eigenvalue weighted by atomic mass is 19.3. The zero-order valence-corrected chi connectivity index (χ0v) is 7.77. The Balaban J connectivity index is 2.95. The second kappa shape index (κ2) is 2.53. The number of carboxylic acids is 1. The minimum Gasteiger partial charge on any atom is -0.481 e. The van der Waals surface area contributed by atoms with Crippen LogP contribution in [0.15, 0.2) is 12.2 Å². The molecule has 2 nitrogen and oxygen atoms in total. The minimum absolute atomic E-state index is 0.567. The first-order valence-corrected chi connectivity index (χ1v) is 4.01. The van der Waals surface area contributed by atoms with Gasteiger partial charge in [0, 0.05) is 5.92 Å². The molecule has 0 aromatic carbocycles. The molecule has 1 aliphatic carbocycles. The molecule has 0 bridgehead atoms. The van der Waals surface area contributed by atoms with Crippen molar-refractivity contribution in [2.24, 2.45) is 16.7 Å². The molecule has 2 atom stereocenters. The van der Waals surface area contributed by atoms with Crippen molar-refractivity contribution in [3.8, 4) is 0 Å². The number of hydrogen-bond donors (Lipinski definition) is 1. The lowest BCUT2D eigenvalue weighted by atomic mass is 9.99. The molecule has 13 heavy (non-hydrogen) atoms. The lowest BCUT2D eigenvalue weighted by Gasteiger charge is -2.06. The van der Waals surface area contributed by atoms with Gasteiger partial charge in [0.05, 0.1) is 5.41 Å². The van der Waals surface area contributed by atoms with Crippen LogP contribution >= 0.6 is 0 Å². The third-order valence-electron chi connectivity index (χ3n) is 3.39. The second-order valence-electron chi connectivity index (χ2n) is 4.16. The molecule has 74 valence electrons. The van der Waals surface area contributed by atoms with E-state index < -0.39 is 28.8 Å². The van der Waals surface area contributed by atoms with E-state index in [9.17, 15) is 13.6 Å². The Morgan fingerprint density at radius 3 is 2.08 bits per heavy atom. The highest BCUT2D eigenvalue weighted by Crippen LogP contribution is 2.69. The van der Waals surface area contributed by atoms with Crippen LogP contribution in [0.25, 0.3) is 0 Å². The van der Waals surface area contributed by atoms with E-state index in [2.05, 4.69) is 0 Å². The Morgan fingerprint density at radius 2 is 1.85 bits per heavy atom. The van der Waals surface area contributed by atoms with Gasteiger partial charge in [-0.05, 0) is 18.4 Å². The highest BCUT2D eigenvalue weighted by Gasteiger charge is 2.72. The van der Waals surface area contributed by atoms with Crippen molar-refractivity contribution in [1.82, 2.24) is 0 Å². The molecule has 0 radical (unpaired) electrons. The summed E-state index contributed by atoms with van der Waals surface area (Å²) in [7, 11) is 0. The quantitative estimate of drug-likeness (QED) is 0.726. The van der Waals surface area contributed by atoms with E-state index in [0.29, 0.717) is 0 Å². The molecule has 0 saturated heterocycles. The number of rotatable bonds is 2. The highest BCUT2D eigenvalue weighted by molar-refractivity contribution is 5.81. The van der Waals surface area contributed by atoms with E-state index in [4.69, 9.17) is 5.11 Å². The molecule has 0 heterocycles. The van der Waals surface area contributed by atoms with Crippen LogP contribution < -0.4 is 0 Å². The zero-order valence-electron chi connectivity index (χ0n) is 7.77. The maximum absolute atomic E-state index is 11.9. The predicted octanol–water partition coefficient (Wildman–Crippen LogP) is 2.51. The second-order valence-corrected chi connectivity index (χ2v) is 4.16. The van der Waals surface area contributed by atoms with Crippen LogP contribution in [0, 0.1) is 16.7 Å². The number of hydrogen-bond acceptors (Lipinski definition) is 1. The van der Waals surface area contributed by atoms with E-state index in [1.807, 2.05) is 0 Å². The summed E-state index contributed by atoms with van der Waals surface area (Å²) in [6.07, 6.45) is -1.06. The van der Waals surface area contributed by atoms with Crippen LogP contribution in [0.3, 0.4) is 0 Å². The van der Waals surface area contributed by atoms with Crippen LogP contribution in [0.1, 0.15) is 20.8 Å². The Kier molecular flexibility index (Phi) is 1.97. The van der Waals surface area contributed by atoms with Crippen molar-refractivity contribution >= 4 is 5.97 Å². The largest absolute Gasteiger partial charge is 0.481 e. The van der Waals surface area contributed by atoms with Crippen LogP contribution in [0.4, 0.5) is 8.78 Å². The van der Waals surface area contributed by atoms with Crippen molar-refractivity contribution in [3.05, 3.63) is 12.2 Å². The Bertz CT molecular complexity index is 279. The number of halogens is 2. The first-order chi connectivity index (χ1) is 5.74. The molecule has 1 saturated carbocycles. The normalized spacial score (nSPS) is 35.3. The van der Waals surface area contributed by atoms with Gasteiger partial charge in [-0.15, -0.1) is 0 Å². The maximum Gasteiger partial charge on any atom is 0.310 e. The molecule has 1 aliphatic rings. The third-order valence-corrected chi connectivity index (χ3v) is 3.39. The SMILES string of the molecule is CC1(C)C(C=C(F)F)[C@@]1(C)C(=O)O. The van der Waals surface area contributed by atoms with Crippen molar-refractivity contribution in [2.75, 3.05) is 0 Å². The fourth-order valence-electron chi connectivity index (χ4n) is 1.94. The number of allylic oxidation sites excluding steroid dienone is 1. The van der Waals surface area contributed by atoms with Crippen molar-refractivity contribution in [1.29, 1.82) is 0 Å². The summed E-state index contributed by atoms with van der Waals surface area (Å²) in [6.45, 7) is 4.87. The molecule has 0 aliphatic heterocycles. The summed E-state index contributed by atoms with van der Waals surface area (Å²) in [5, 5.41) is 8.86. The van der Waals surface area contributed by atoms with Crippen LogP contribution in [0.2, 0.25) is 0 Å². The van der Waals surface area contributed by atoms with Gasteiger partial charge in [-0.3, -0.25) is 4.79 Å². The van der Waals surface area contributed by atoms with E-state index in [-0.39, 0.29) is 0 Å². The lowest BCUT2D eigenvalue weighted by Crippen LogP contribution is -2.16. The van der Waals surface area contributed by atoms with Crippen molar-refractivity contribution in [3.63, 3.8) is 0 Å². The summed E-state index contributed by atoms with van der Waals surface area (Å²) in [5.41, 5.74) is -1.63. The van der Waals surface area contributed by atoms with Crippen molar-refractivity contribution in [2.45, 2.75) is 20.8 Å². The summed E-state index contributed by atoms with van der Waals surface area (Å²) < 4.78 is 23.9. The van der Waals surface area contributed by atoms with Gasteiger partial charge in [0.25, 0.3) is 6.08 Å². The molecule has 4 heteroatoms. The molecule has 0 aromatic rings. The first-order valence-electron chi connectivity index (χ1n) is 4.01. The molecule has 1 unspecified atom stereocenters. The van der Waals surface area contributed by atoms with Gasteiger partial charge in [0.2, 0.25) is 0 Å². The Labute approximate surface area is 75.3 Å². The van der Waals surface area contributed by atoms with Gasteiger partial charge in [0.15, 0.2) is 0 Å². The number of carbonyl (C=O) groups is 1. The molecule has 0 aromatic heterocycles. The van der Waals surface area contributed by atoms with E-state index in [1.165, 1.54) is 6.92 Å². The average molecular weight is 190 g/mol. The number of aliphatic carboxylic acids is 1. The molecular formula is C9H12F2O2. The standard InChI is InChI=1S/C9H12F2O2/c1-8(2)5(4-6(10)11)9(8,3)7(12)13/h4-5H,1-3H3,(H,12,13)/t5?,9-/m0/s1. The zero-order chi connectivity index (χ0) is 10.4. The molecule has 0 amide bonds. The Hall–Kier alpha value is -0.930. The van der Waals surface area contributed by atoms with Gasteiger partial charge >= 0.3 is 5.97 Å². The maximum atomic E-state index is 11.9. The fraction of sp³-hybridized carbons (Fsp3) is 0.667. The molecule has 0 spiro atoms. The van der Waals surface area contributed by atoms with E-state index in [0.717, 1.165) is 6.08 Å². The van der Waals surface area contributed by atoms with Gasteiger partial charge in [-0.1, -0.05) is 13.8 Å². The summed E-state index contributed by atoms with van der Waals surface area (Å²) >= 11 is 0. The molecule has 1 rings (SSSR count). The van der Waals surface area contributed by atoms with Crippen LogP contribution in [-0.4, -0.2) is 11.1 Å². The number of carboxylic acid groups (broad SMARTS) is 1. The fourth-order valence-corrected chi connectivity index (χ4v) is 1.94. The molecular weight excluding hydrogens is 178 g/mol.